The van der Waals surface area contributed by atoms with Crippen LogP contribution in [-0.2, 0) is 4.79 Å². The van der Waals surface area contributed by atoms with Crippen molar-refractivity contribution in [2.45, 2.75) is 77.5 Å². The Morgan fingerprint density at radius 3 is 1.88 bits per heavy atom. The van der Waals surface area contributed by atoms with E-state index in [1.807, 2.05) is 32.6 Å². The van der Waals surface area contributed by atoms with Crippen LogP contribution in [0.3, 0.4) is 0 Å². The van der Waals surface area contributed by atoms with E-state index < -0.39 is 5.60 Å². The summed E-state index contributed by atoms with van der Waals surface area (Å²) in [5.41, 5.74) is -1.09. The highest BCUT2D eigenvalue weighted by Gasteiger charge is 2.41. The molecule has 0 atom stereocenters. The van der Waals surface area contributed by atoms with E-state index in [1.54, 1.807) is 0 Å². The van der Waals surface area contributed by atoms with Gasteiger partial charge in [0.1, 0.15) is 5.60 Å². The number of nitrogens with zero attached hydrogens (tertiary/aromatic N) is 1. The Bertz CT molecular complexity index is 234. The first kappa shape index (κ1) is 13.5. The van der Waals surface area contributed by atoms with E-state index in [9.17, 15) is 9.90 Å². The van der Waals surface area contributed by atoms with Crippen LogP contribution in [0.15, 0.2) is 0 Å². The van der Waals surface area contributed by atoms with E-state index in [0.29, 0.717) is 12.8 Å². The first-order chi connectivity index (χ1) is 7.38. The zero-order chi connectivity index (χ0) is 12.3. The normalized spacial score (nSPS) is 20.2. The maximum absolute atomic E-state index is 12.4. The average Bonchev–Trinajstić information content (AvgIpc) is 2.17. The summed E-state index contributed by atoms with van der Waals surface area (Å²) >= 11 is 0. The van der Waals surface area contributed by atoms with Crippen molar-refractivity contribution < 1.29 is 9.90 Å². The predicted molar refractivity (Wildman–Crippen MR) is 65.2 cm³/mol. The number of aliphatic hydroxyl groups is 1. The van der Waals surface area contributed by atoms with Gasteiger partial charge >= 0.3 is 0 Å². The summed E-state index contributed by atoms with van der Waals surface area (Å²) in [4.78, 5) is 14.2. The highest BCUT2D eigenvalue weighted by molar-refractivity contribution is 5.85. The van der Waals surface area contributed by atoms with Gasteiger partial charge in [0.2, 0.25) is 0 Å². The molecule has 1 amide bonds. The molecule has 0 bridgehead atoms. The SMILES string of the molecule is CC(C)N(C(=O)C1(O)CCCCC1)C(C)C. The molecule has 3 nitrogen and oxygen atoms in total. The van der Waals surface area contributed by atoms with Crippen molar-refractivity contribution in [1.82, 2.24) is 4.90 Å². The molecule has 0 radical (unpaired) electrons. The topological polar surface area (TPSA) is 40.5 Å². The Hall–Kier alpha value is -0.570. The molecule has 1 saturated carbocycles. The zero-order valence-corrected chi connectivity index (χ0v) is 11.0. The lowest BCUT2D eigenvalue weighted by Crippen LogP contribution is -2.54. The summed E-state index contributed by atoms with van der Waals surface area (Å²) < 4.78 is 0. The van der Waals surface area contributed by atoms with Crippen LogP contribution in [0.1, 0.15) is 59.8 Å². The van der Waals surface area contributed by atoms with Crippen LogP contribution < -0.4 is 0 Å². The largest absolute Gasteiger partial charge is 0.380 e. The number of rotatable bonds is 3. The number of amides is 1. The standard InChI is InChI=1S/C13H25NO2/c1-10(2)14(11(3)4)12(15)13(16)8-6-5-7-9-13/h10-11,16H,5-9H2,1-4H3. The van der Waals surface area contributed by atoms with Gasteiger partial charge in [-0.3, -0.25) is 4.79 Å². The number of carbonyl (C=O) groups excluding carboxylic acids is 1. The monoisotopic (exact) mass is 227 g/mol. The van der Waals surface area contributed by atoms with Crippen molar-refractivity contribution in [3.05, 3.63) is 0 Å². The second-order valence-corrected chi connectivity index (χ2v) is 5.49. The molecule has 0 heterocycles. The van der Waals surface area contributed by atoms with Crippen LogP contribution in [0, 0.1) is 0 Å². The fourth-order valence-corrected chi connectivity index (χ4v) is 2.66. The first-order valence-corrected chi connectivity index (χ1v) is 6.43. The Labute approximate surface area is 98.8 Å². The third-order valence-corrected chi connectivity index (χ3v) is 3.43. The van der Waals surface area contributed by atoms with Crippen molar-refractivity contribution in [3.8, 4) is 0 Å². The lowest BCUT2D eigenvalue weighted by Gasteiger charge is -2.39. The fourth-order valence-electron chi connectivity index (χ4n) is 2.66. The molecular weight excluding hydrogens is 202 g/mol. The second-order valence-electron chi connectivity index (χ2n) is 5.49. The third-order valence-electron chi connectivity index (χ3n) is 3.43. The maximum Gasteiger partial charge on any atom is 0.254 e. The molecule has 0 unspecified atom stereocenters. The minimum Gasteiger partial charge on any atom is -0.380 e. The molecule has 16 heavy (non-hydrogen) atoms. The predicted octanol–water partition coefficient (Wildman–Crippen LogP) is 2.33. The van der Waals surface area contributed by atoms with Gasteiger partial charge in [0.15, 0.2) is 0 Å². The molecule has 0 saturated heterocycles. The molecule has 1 rings (SSSR count). The Morgan fingerprint density at radius 1 is 1.06 bits per heavy atom. The third kappa shape index (κ3) is 2.76. The molecule has 1 aliphatic rings. The van der Waals surface area contributed by atoms with Crippen molar-refractivity contribution >= 4 is 5.91 Å². The zero-order valence-electron chi connectivity index (χ0n) is 11.0. The van der Waals surface area contributed by atoms with Gasteiger partial charge in [0, 0.05) is 12.1 Å². The quantitative estimate of drug-likeness (QED) is 0.804. The summed E-state index contributed by atoms with van der Waals surface area (Å²) in [5.74, 6) is -0.0720. The molecule has 0 spiro atoms. The highest BCUT2D eigenvalue weighted by atomic mass is 16.3. The number of hydrogen-bond donors (Lipinski definition) is 1. The van der Waals surface area contributed by atoms with Crippen molar-refractivity contribution in [2.24, 2.45) is 0 Å². The maximum atomic E-state index is 12.4. The van der Waals surface area contributed by atoms with Crippen LogP contribution in [-0.4, -0.2) is 33.6 Å². The summed E-state index contributed by atoms with van der Waals surface area (Å²) in [6, 6.07) is 0.303. The van der Waals surface area contributed by atoms with Crippen LogP contribution in [0.4, 0.5) is 0 Å². The van der Waals surface area contributed by atoms with Crippen molar-refractivity contribution in [3.63, 3.8) is 0 Å². The van der Waals surface area contributed by atoms with Gasteiger partial charge in [0.25, 0.3) is 5.91 Å². The van der Waals surface area contributed by atoms with Crippen molar-refractivity contribution in [2.75, 3.05) is 0 Å². The minimum atomic E-state index is -1.09. The first-order valence-electron chi connectivity index (χ1n) is 6.43. The van der Waals surface area contributed by atoms with Gasteiger partial charge in [-0.25, -0.2) is 0 Å². The highest BCUT2D eigenvalue weighted by Crippen LogP contribution is 2.30. The van der Waals surface area contributed by atoms with E-state index in [-0.39, 0.29) is 18.0 Å². The van der Waals surface area contributed by atoms with E-state index in [2.05, 4.69) is 0 Å². The molecule has 1 aliphatic carbocycles. The molecule has 1 fully saturated rings. The number of carbonyl (C=O) groups is 1. The lowest BCUT2D eigenvalue weighted by molar-refractivity contribution is -0.158. The van der Waals surface area contributed by atoms with Gasteiger partial charge in [-0.1, -0.05) is 19.3 Å². The van der Waals surface area contributed by atoms with Gasteiger partial charge < -0.3 is 10.0 Å². The van der Waals surface area contributed by atoms with Gasteiger partial charge in [0.05, 0.1) is 0 Å². The van der Waals surface area contributed by atoms with E-state index in [0.717, 1.165) is 19.3 Å². The molecule has 0 aromatic carbocycles. The van der Waals surface area contributed by atoms with Crippen LogP contribution in [0.2, 0.25) is 0 Å². The average molecular weight is 227 g/mol. The molecule has 3 heteroatoms. The lowest BCUT2D eigenvalue weighted by atomic mass is 9.83. The van der Waals surface area contributed by atoms with Crippen LogP contribution >= 0.6 is 0 Å². The summed E-state index contributed by atoms with van der Waals surface area (Å²) in [6.07, 6.45) is 4.32. The van der Waals surface area contributed by atoms with Gasteiger partial charge in [-0.2, -0.15) is 0 Å². The molecule has 0 aromatic heterocycles. The van der Waals surface area contributed by atoms with Gasteiger partial charge in [-0.15, -0.1) is 0 Å². The molecule has 0 aliphatic heterocycles. The number of hydrogen-bond acceptors (Lipinski definition) is 2. The summed E-state index contributed by atoms with van der Waals surface area (Å²) in [5, 5.41) is 10.4. The minimum absolute atomic E-state index is 0.0720. The fraction of sp³-hybridized carbons (Fsp3) is 0.923. The smallest absolute Gasteiger partial charge is 0.254 e. The van der Waals surface area contributed by atoms with Crippen LogP contribution in [0.5, 0.6) is 0 Å². The second kappa shape index (κ2) is 5.17. The summed E-state index contributed by atoms with van der Waals surface area (Å²) in [7, 11) is 0. The molecular formula is C13H25NO2. The van der Waals surface area contributed by atoms with E-state index >= 15 is 0 Å². The van der Waals surface area contributed by atoms with E-state index in [4.69, 9.17) is 0 Å². The molecule has 94 valence electrons. The molecule has 1 N–H and O–H groups in total. The summed E-state index contributed by atoms with van der Waals surface area (Å²) in [6.45, 7) is 8.02. The van der Waals surface area contributed by atoms with Crippen LogP contribution in [0.25, 0.3) is 0 Å². The van der Waals surface area contributed by atoms with Crippen molar-refractivity contribution in [1.29, 1.82) is 0 Å². The Balaban J connectivity index is 2.80. The Morgan fingerprint density at radius 2 is 1.50 bits per heavy atom. The Kier molecular flexibility index (Phi) is 4.36. The molecule has 0 aromatic rings. The van der Waals surface area contributed by atoms with E-state index in [1.165, 1.54) is 0 Å². The van der Waals surface area contributed by atoms with Gasteiger partial charge in [-0.05, 0) is 40.5 Å².